The number of nitrogens with zero attached hydrogens (tertiary/aromatic N) is 1. The number of nitrogens with two attached hydrogens (primary N) is 1. The van der Waals surface area contributed by atoms with E-state index in [-0.39, 0.29) is 18.2 Å². The van der Waals surface area contributed by atoms with Crippen molar-refractivity contribution < 1.29 is 4.39 Å². The summed E-state index contributed by atoms with van der Waals surface area (Å²) in [5, 5.41) is 0. The van der Waals surface area contributed by atoms with Crippen molar-refractivity contribution in [1.82, 2.24) is 9.55 Å². The van der Waals surface area contributed by atoms with Gasteiger partial charge in [0.15, 0.2) is 0 Å². The van der Waals surface area contributed by atoms with E-state index >= 15 is 0 Å². The largest absolute Gasteiger partial charge is 0.385 e. The van der Waals surface area contributed by atoms with Gasteiger partial charge in [-0.1, -0.05) is 12.1 Å². The smallest absolute Gasteiger partial charge is 0.329 e. The van der Waals surface area contributed by atoms with Crippen LogP contribution in [0.1, 0.15) is 5.56 Å². The lowest BCUT2D eigenvalue weighted by Crippen LogP contribution is -2.31. The molecule has 2 aromatic rings. The maximum Gasteiger partial charge on any atom is 0.329 e. The fourth-order valence-corrected chi connectivity index (χ4v) is 1.70. The van der Waals surface area contributed by atoms with Crippen LogP contribution in [0.5, 0.6) is 0 Å². The monoisotopic (exact) mass is 249 g/mol. The first-order valence-electron chi connectivity index (χ1n) is 5.40. The molecule has 0 aliphatic carbocycles. The number of halogens is 1. The molecule has 18 heavy (non-hydrogen) atoms. The Labute approximate surface area is 102 Å². The van der Waals surface area contributed by atoms with Crippen molar-refractivity contribution in [1.29, 1.82) is 0 Å². The Morgan fingerprint density at radius 1 is 1.28 bits per heavy atom. The number of aryl methyl sites for hydroxylation is 1. The molecule has 0 atom stereocenters. The molecule has 2 rings (SSSR count). The summed E-state index contributed by atoms with van der Waals surface area (Å²) in [6, 6.07) is 7.25. The molecule has 0 aliphatic heterocycles. The van der Waals surface area contributed by atoms with E-state index in [1.165, 1.54) is 16.7 Å². The topological polar surface area (TPSA) is 80.9 Å². The van der Waals surface area contributed by atoms with Crippen LogP contribution >= 0.6 is 0 Å². The van der Waals surface area contributed by atoms with E-state index in [9.17, 15) is 14.0 Å². The zero-order valence-corrected chi connectivity index (χ0v) is 9.52. The predicted molar refractivity (Wildman–Crippen MR) is 65.8 cm³/mol. The standard InChI is InChI=1S/C12H12FN3O2/c13-9-3-1-2-8(6-9)4-5-16-10(14)7-11(17)15-12(16)18/h1-3,6-7H,4-5,14H2,(H,15,17,18). The molecule has 0 saturated carbocycles. The van der Waals surface area contributed by atoms with Gasteiger partial charge in [0.2, 0.25) is 0 Å². The van der Waals surface area contributed by atoms with Crippen molar-refractivity contribution in [2.75, 3.05) is 5.73 Å². The molecule has 0 spiro atoms. The minimum atomic E-state index is -0.559. The molecule has 0 bridgehead atoms. The number of aromatic amines is 1. The molecule has 1 aromatic carbocycles. The van der Waals surface area contributed by atoms with E-state index in [0.29, 0.717) is 6.42 Å². The van der Waals surface area contributed by atoms with Crippen molar-refractivity contribution in [3.8, 4) is 0 Å². The number of H-pyrrole nitrogens is 1. The van der Waals surface area contributed by atoms with Crippen molar-refractivity contribution in [2.45, 2.75) is 13.0 Å². The molecule has 3 N–H and O–H groups in total. The van der Waals surface area contributed by atoms with Gasteiger partial charge < -0.3 is 5.73 Å². The molecule has 0 aliphatic rings. The Morgan fingerprint density at radius 2 is 2.06 bits per heavy atom. The minimum absolute atomic E-state index is 0.0974. The highest BCUT2D eigenvalue weighted by Crippen LogP contribution is 2.05. The van der Waals surface area contributed by atoms with E-state index in [1.54, 1.807) is 12.1 Å². The van der Waals surface area contributed by atoms with Gasteiger partial charge in [0.1, 0.15) is 11.6 Å². The quantitative estimate of drug-likeness (QED) is 0.831. The minimum Gasteiger partial charge on any atom is -0.385 e. The second kappa shape index (κ2) is 4.87. The summed E-state index contributed by atoms with van der Waals surface area (Å²) in [5.41, 5.74) is 5.25. The first kappa shape index (κ1) is 12.1. The molecular weight excluding hydrogens is 237 g/mol. The molecule has 0 radical (unpaired) electrons. The van der Waals surface area contributed by atoms with Crippen LogP contribution in [0.4, 0.5) is 10.2 Å². The summed E-state index contributed by atoms with van der Waals surface area (Å²) in [6.07, 6.45) is 0.452. The van der Waals surface area contributed by atoms with Gasteiger partial charge in [-0.25, -0.2) is 9.18 Å². The number of hydrogen-bond acceptors (Lipinski definition) is 3. The van der Waals surface area contributed by atoms with Crippen LogP contribution < -0.4 is 17.0 Å². The van der Waals surface area contributed by atoms with Gasteiger partial charge in [-0.15, -0.1) is 0 Å². The Balaban J connectivity index is 2.21. The predicted octanol–water partition coefficient (Wildman–Crippen LogP) is 0.501. The SMILES string of the molecule is Nc1cc(=O)[nH]c(=O)n1CCc1cccc(F)c1. The highest BCUT2D eigenvalue weighted by Gasteiger charge is 2.03. The molecule has 0 unspecified atom stereocenters. The van der Waals surface area contributed by atoms with Gasteiger partial charge in [0, 0.05) is 12.6 Å². The third-order valence-corrected chi connectivity index (χ3v) is 2.58. The van der Waals surface area contributed by atoms with Gasteiger partial charge in [-0.05, 0) is 24.1 Å². The number of anilines is 1. The van der Waals surface area contributed by atoms with E-state index in [1.807, 2.05) is 0 Å². The fourth-order valence-electron chi connectivity index (χ4n) is 1.70. The van der Waals surface area contributed by atoms with E-state index in [0.717, 1.165) is 11.6 Å². The van der Waals surface area contributed by atoms with Crippen LogP contribution in [-0.2, 0) is 13.0 Å². The normalized spacial score (nSPS) is 10.5. The first-order chi connectivity index (χ1) is 8.56. The number of aromatic nitrogens is 2. The summed E-state index contributed by atoms with van der Waals surface area (Å²) in [5.74, 6) is -0.227. The molecular formula is C12H12FN3O2. The summed E-state index contributed by atoms with van der Waals surface area (Å²) in [7, 11) is 0. The molecule has 1 heterocycles. The molecule has 94 valence electrons. The highest BCUT2D eigenvalue weighted by atomic mass is 19.1. The van der Waals surface area contributed by atoms with Crippen molar-refractivity contribution in [3.63, 3.8) is 0 Å². The van der Waals surface area contributed by atoms with Gasteiger partial charge in [-0.2, -0.15) is 0 Å². The third kappa shape index (κ3) is 2.65. The average molecular weight is 249 g/mol. The van der Waals surface area contributed by atoms with E-state index in [2.05, 4.69) is 4.98 Å². The Hall–Kier alpha value is -2.37. The Kier molecular flexibility index (Phi) is 3.27. The summed E-state index contributed by atoms with van der Waals surface area (Å²) in [4.78, 5) is 24.6. The maximum absolute atomic E-state index is 13.0. The van der Waals surface area contributed by atoms with Crippen LogP contribution in [0, 0.1) is 5.82 Å². The van der Waals surface area contributed by atoms with Gasteiger partial charge in [-0.3, -0.25) is 14.3 Å². The van der Waals surface area contributed by atoms with Gasteiger partial charge in [0.05, 0.1) is 0 Å². The lowest BCUT2D eigenvalue weighted by molar-refractivity contribution is 0.618. The fraction of sp³-hybridized carbons (Fsp3) is 0.167. The molecule has 0 saturated heterocycles. The number of hydrogen-bond donors (Lipinski definition) is 2. The van der Waals surface area contributed by atoms with Crippen LogP contribution in [0.2, 0.25) is 0 Å². The van der Waals surface area contributed by atoms with Crippen LogP contribution in [0.15, 0.2) is 39.9 Å². The second-order valence-electron chi connectivity index (χ2n) is 3.90. The van der Waals surface area contributed by atoms with Crippen molar-refractivity contribution in [3.05, 3.63) is 62.6 Å². The molecule has 0 amide bonds. The molecule has 6 heteroatoms. The van der Waals surface area contributed by atoms with Gasteiger partial charge in [0.25, 0.3) is 5.56 Å². The van der Waals surface area contributed by atoms with Crippen LogP contribution in [0.25, 0.3) is 0 Å². The lowest BCUT2D eigenvalue weighted by Gasteiger charge is -2.08. The zero-order valence-electron chi connectivity index (χ0n) is 9.52. The van der Waals surface area contributed by atoms with Crippen molar-refractivity contribution in [2.24, 2.45) is 0 Å². The average Bonchev–Trinajstić information content (AvgIpc) is 2.27. The van der Waals surface area contributed by atoms with E-state index in [4.69, 9.17) is 5.73 Å². The number of benzene rings is 1. The van der Waals surface area contributed by atoms with Crippen LogP contribution in [-0.4, -0.2) is 9.55 Å². The number of rotatable bonds is 3. The third-order valence-electron chi connectivity index (χ3n) is 2.58. The Morgan fingerprint density at radius 3 is 2.72 bits per heavy atom. The number of nitrogen functional groups attached to an aromatic ring is 1. The van der Waals surface area contributed by atoms with Crippen molar-refractivity contribution >= 4 is 5.82 Å². The lowest BCUT2D eigenvalue weighted by atomic mass is 10.1. The molecule has 0 fully saturated rings. The van der Waals surface area contributed by atoms with E-state index < -0.39 is 11.2 Å². The summed E-state index contributed by atoms with van der Waals surface area (Å²) in [6.45, 7) is 0.283. The summed E-state index contributed by atoms with van der Waals surface area (Å²) < 4.78 is 14.2. The first-order valence-corrected chi connectivity index (χ1v) is 5.40. The Bertz CT molecular complexity index is 676. The molecule has 1 aromatic heterocycles. The van der Waals surface area contributed by atoms with Gasteiger partial charge >= 0.3 is 5.69 Å². The highest BCUT2D eigenvalue weighted by molar-refractivity contribution is 5.26. The zero-order chi connectivity index (χ0) is 13.1. The number of nitrogens with one attached hydrogen (secondary N) is 1. The maximum atomic E-state index is 13.0. The van der Waals surface area contributed by atoms with Crippen LogP contribution in [0.3, 0.4) is 0 Å². The summed E-state index contributed by atoms with van der Waals surface area (Å²) >= 11 is 0. The second-order valence-corrected chi connectivity index (χ2v) is 3.90. The molecule has 5 nitrogen and oxygen atoms in total.